The van der Waals surface area contributed by atoms with Crippen molar-refractivity contribution in [3.63, 3.8) is 0 Å². The van der Waals surface area contributed by atoms with Crippen LogP contribution < -0.4 is 5.73 Å². The first kappa shape index (κ1) is 11.0. The maximum atomic E-state index is 11.8. The molecule has 86 valence electrons. The first-order chi connectivity index (χ1) is 6.99. The largest absolute Gasteiger partial charge is 0.369 e. The summed E-state index contributed by atoms with van der Waals surface area (Å²) in [7, 11) is 0. The molecule has 0 spiro atoms. The Morgan fingerprint density at radius 3 is 2.40 bits per heavy atom. The van der Waals surface area contributed by atoms with Crippen molar-refractivity contribution in [1.29, 1.82) is 0 Å². The van der Waals surface area contributed by atoms with Gasteiger partial charge in [0.15, 0.2) is 0 Å². The van der Waals surface area contributed by atoms with Crippen LogP contribution in [0.1, 0.15) is 58.8 Å². The van der Waals surface area contributed by atoms with Crippen LogP contribution in [0.5, 0.6) is 0 Å². The lowest BCUT2D eigenvalue weighted by Crippen LogP contribution is -2.52. The quantitative estimate of drug-likeness (QED) is 0.709. The zero-order valence-corrected chi connectivity index (χ0v) is 10.0. The van der Waals surface area contributed by atoms with Gasteiger partial charge >= 0.3 is 0 Å². The molecule has 2 heteroatoms. The normalized spacial score (nSPS) is 39.5. The minimum absolute atomic E-state index is 0.0278. The second kappa shape index (κ2) is 3.50. The lowest BCUT2D eigenvalue weighted by Gasteiger charge is -2.53. The fraction of sp³-hybridized carbons (Fsp3) is 0.923. The summed E-state index contributed by atoms with van der Waals surface area (Å²) >= 11 is 0. The van der Waals surface area contributed by atoms with E-state index in [9.17, 15) is 4.79 Å². The maximum absolute atomic E-state index is 11.8. The molecule has 0 saturated heterocycles. The van der Waals surface area contributed by atoms with Crippen molar-refractivity contribution in [3.05, 3.63) is 0 Å². The van der Waals surface area contributed by atoms with Crippen molar-refractivity contribution in [2.24, 2.45) is 22.5 Å². The molecule has 2 aliphatic rings. The Kier molecular flexibility index (Phi) is 2.56. The first-order valence-electron chi connectivity index (χ1n) is 6.29. The molecule has 1 amide bonds. The van der Waals surface area contributed by atoms with Gasteiger partial charge in [0, 0.05) is 0 Å². The van der Waals surface area contributed by atoms with Gasteiger partial charge in [0.05, 0.1) is 5.41 Å². The average molecular weight is 209 g/mol. The number of carbonyl (C=O) groups excluding carboxylic acids is 1. The van der Waals surface area contributed by atoms with E-state index in [1.54, 1.807) is 0 Å². The van der Waals surface area contributed by atoms with Crippen LogP contribution in [-0.4, -0.2) is 5.91 Å². The number of amides is 1. The number of primary amides is 1. The maximum Gasteiger partial charge on any atom is 0.223 e. The van der Waals surface area contributed by atoms with Gasteiger partial charge in [0.1, 0.15) is 0 Å². The van der Waals surface area contributed by atoms with E-state index in [1.807, 2.05) is 0 Å². The molecule has 2 atom stereocenters. The Labute approximate surface area is 92.6 Å². The standard InChI is InChI=1S/C13H23NO/c1-12(2)7-5-9-13(11(14)15)8-4-3-6-10(12)13/h10H,3-9H2,1-2H3,(H2,14,15)/t10-,13+/m0/s1. The topological polar surface area (TPSA) is 43.1 Å². The fourth-order valence-corrected chi connectivity index (χ4v) is 4.13. The molecule has 0 heterocycles. The average Bonchev–Trinajstić information content (AvgIpc) is 2.17. The lowest BCUT2D eigenvalue weighted by molar-refractivity contribution is -0.143. The molecule has 15 heavy (non-hydrogen) atoms. The van der Waals surface area contributed by atoms with Crippen LogP contribution in [0.3, 0.4) is 0 Å². The predicted octanol–water partition coefficient (Wildman–Crippen LogP) is 2.86. The Morgan fingerprint density at radius 2 is 1.80 bits per heavy atom. The summed E-state index contributed by atoms with van der Waals surface area (Å²) in [5.74, 6) is 0.505. The monoisotopic (exact) mass is 209 g/mol. The molecule has 2 saturated carbocycles. The van der Waals surface area contributed by atoms with Crippen LogP contribution in [-0.2, 0) is 4.79 Å². The molecule has 2 N–H and O–H groups in total. The van der Waals surface area contributed by atoms with Gasteiger partial charge in [-0.2, -0.15) is 0 Å². The molecular formula is C13H23NO. The third-order valence-corrected chi connectivity index (χ3v) is 4.91. The van der Waals surface area contributed by atoms with Crippen LogP contribution in [0.4, 0.5) is 0 Å². The molecule has 0 aromatic heterocycles. The Hall–Kier alpha value is -0.530. The van der Waals surface area contributed by atoms with Gasteiger partial charge in [-0.25, -0.2) is 0 Å². The van der Waals surface area contributed by atoms with E-state index >= 15 is 0 Å². The van der Waals surface area contributed by atoms with Crippen LogP contribution in [0.2, 0.25) is 0 Å². The Morgan fingerprint density at radius 1 is 1.13 bits per heavy atom. The molecule has 2 aliphatic carbocycles. The lowest BCUT2D eigenvalue weighted by atomic mass is 9.51. The summed E-state index contributed by atoms with van der Waals surface area (Å²) in [6, 6.07) is 0. The van der Waals surface area contributed by atoms with Crippen molar-refractivity contribution in [3.8, 4) is 0 Å². The summed E-state index contributed by atoms with van der Waals surface area (Å²) in [5.41, 5.74) is 5.86. The van der Waals surface area contributed by atoms with Gasteiger partial charge in [-0.1, -0.05) is 33.1 Å². The predicted molar refractivity (Wildman–Crippen MR) is 61.2 cm³/mol. The second-order valence-electron chi connectivity index (χ2n) is 6.16. The highest BCUT2D eigenvalue weighted by molar-refractivity contribution is 5.81. The van der Waals surface area contributed by atoms with Gasteiger partial charge < -0.3 is 5.73 Å². The van der Waals surface area contributed by atoms with Crippen molar-refractivity contribution < 1.29 is 4.79 Å². The molecule has 0 aromatic carbocycles. The van der Waals surface area contributed by atoms with Crippen LogP contribution in [0.25, 0.3) is 0 Å². The summed E-state index contributed by atoms with van der Waals surface area (Å²) in [6.45, 7) is 4.64. The van der Waals surface area contributed by atoms with Crippen molar-refractivity contribution in [2.75, 3.05) is 0 Å². The van der Waals surface area contributed by atoms with E-state index in [0.29, 0.717) is 11.3 Å². The van der Waals surface area contributed by atoms with Crippen molar-refractivity contribution in [2.45, 2.75) is 58.8 Å². The number of nitrogens with two attached hydrogens (primary N) is 1. The van der Waals surface area contributed by atoms with E-state index in [-0.39, 0.29) is 11.3 Å². The van der Waals surface area contributed by atoms with Crippen LogP contribution >= 0.6 is 0 Å². The highest BCUT2D eigenvalue weighted by Gasteiger charge is 2.53. The van der Waals surface area contributed by atoms with Gasteiger partial charge in [-0.05, 0) is 37.0 Å². The number of hydrogen-bond acceptors (Lipinski definition) is 1. The zero-order chi connectivity index (χ0) is 11.1. The van der Waals surface area contributed by atoms with Gasteiger partial charge in [-0.15, -0.1) is 0 Å². The first-order valence-corrected chi connectivity index (χ1v) is 6.29. The molecular weight excluding hydrogens is 186 g/mol. The van der Waals surface area contributed by atoms with E-state index in [0.717, 1.165) is 12.8 Å². The number of carbonyl (C=O) groups is 1. The van der Waals surface area contributed by atoms with Gasteiger partial charge in [0.25, 0.3) is 0 Å². The van der Waals surface area contributed by atoms with Crippen molar-refractivity contribution in [1.82, 2.24) is 0 Å². The summed E-state index contributed by atoms with van der Waals surface area (Å²) in [4.78, 5) is 11.8. The number of rotatable bonds is 1. The Balaban J connectivity index is 2.34. The van der Waals surface area contributed by atoms with Gasteiger partial charge in [0.2, 0.25) is 5.91 Å². The molecule has 2 rings (SSSR count). The molecule has 0 bridgehead atoms. The summed E-state index contributed by atoms with van der Waals surface area (Å²) in [6.07, 6.45) is 8.18. The molecule has 0 aliphatic heterocycles. The number of fused-ring (bicyclic) bond motifs is 1. The molecule has 2 nitrogen and oxygen atoms in total. The fourth-order valence-electron chi connectivity index (χ4n) is 4.13. The summed E-state index contributed by atoms with van der Waals surface area (Å²) < 4.78 is 0. The van der Waals surface area contributed by atoms with E-state index in [2.05, 4.69) is 13.8 Å². The minimum atomic E-state index is -0.153. The smallest absolute Gasteiger partial charge is 0.223 e. The third kappa shape index (κ3) is 1.58. The van der Waals surface area contributed by atoms with E-state index in [4.69, 9.17) is 5.73 Å². The zero-order valence-electron chi connectivity index (χ0n) is 10.0. The van der Waals surface area contributed by atoms with Crippen LogP contribution in [0.15, 0.2) is 0 Å². The minimum Gasteiger partial charge on any atom is -0.369 e. The molecule has 0 unspecified atom stereocenters. The summed E-state index contributed by atoms with van der Waals surface area (Å²) in [5, 5.41) is 0. The van der Waals surface area contributed by atoms with Gasteiger partial charge in [-0.3, -0.25) is 4.79 Å². The molecule has 2 fully saturated rings. The van der Waals surface area contributed by atoms with Crippen molar-refractivity contribution >= 4 is 5.91 Å². The molecule has 0 aromatic rings. The SMILES string of the molecule is CC1(C)CCC[C@]2(C(N)=O)CCCC[C@@H]12. The van der Waals surface area contributed by atoms with E-state index in [1.165, 1.54) is 32.1 Å². The second-order valence-corrected chi connectivity index (χ2v) is 6.16. The highest BCUT2D eigenvalue weighted by Crippen LogP contribution is 2.57. The Bertz CT molecular complexity index is 268. The molecule has 0 radical (unpaired) electrons. The number of hydrogen-bond donors (Lipinski definition) is 1. The highest BCUT2D eigenvalue weighted by atomic mass is 16.1. The van der Waals surface area contributed by atoms with Crippen LogP contribution in [0, 0.1) is 16.7 Å². The van der Waals surface area contributed by atoms with E-state index < -0.39 is 0 Å². The third-order valence-electron chi connectivity index (χ3n) is 4.91.